The molecular formula is C20H22ClFN2O4S. The summed E-state index contributed by atoms with van der Waals surface area (Å²) in [5.41, 5.74) is 1.03. The summed E-state index contributed by atoms with van der Waals surface area (Å²) < 4.78 is 45.0. The van der Waals surface area contributed by atoms with Crippen molar-refractivity contribution >= 4 is 33.2 Å². The molecule has 2 aromatic carbocycles. The molecule has 1 amide bonds. The Balaban J connectivity index is 1.65. The fourth-order valence-corrected chi connectivity index (χ4v) is 5.15. The number of nitrogens with zero attached hydrogens (tertiary/aromatic N) is 1. The maximum absolute atomic E-state index is 13.0. The fraction of sp³-hybridized carbons (Fsp3) is 0.350. The van der Waals surface area contributed by atoms with Crippen LogP contribution in [0.5, 0.6) is 5.75 Å². The van der Waals surface area contributed by atoms with Crippen molar-refractivity contribution < 1.29 is 22.3 Å². The molecule has 0 aromatic heterocycles. The van der Waals surface area contributed by atoms with Gasteiger partial charge >= 0.3 is 0 Å². The van der Waals surface area contributed by atoms with Gasteiger partial charge in [-0.15, -0.1) is 0 Å². The molecule has 6 nitrogen and oxygen atoms in total. The van der Waals surface area contributed by atoms with Crippen molar-refractivity contribution in [2.45, 2.75) is 18.6 Å². The second-order valence-electron chi connectivity index (χ2n) is 6.92. The maximum Gasteiger partial charge on any atom is 0.228 e. The molecule has 0 aliphatic carbocycles. The lowest BCUT2D eigenvalue weighted by atomic mass is 9.98. The summed E-state index contributed by atoms with van der Waals surface area (Å²) in [7, 11) is -2.11. The van der Waals surface area contributed by atoms with Gasteiger partial charge in [0.1, 0.15) is 11.6 Å². The highest BCUT2D eigenvalue weighted by Gasteiger charge is 2.32. The van der Waals surface area contributed by atoms with Gasteiger partial charge in [-0.1, -0.05) is 23.7 Å². The molecule has 9 heteroatoms. The first-order chi connectivity index (χ1) is 13.8. The van der Waals surface area contributed by atoms with Crippen molar-refractivity contribution in [3.05, 3.63) is 58.9 Å². The molecule has 29 heavy (non-hydrogen) atoms. The first-order valence-corrected chi connectivity index (χ1v) is 11.1. The molecule has 0 radical (unpaired) electrons. The van der Waals surface area contributed by atoms with Gasteiger partial charge in [-0.05, 0) is 48.7 Å². The van der Waals surface area contributed by atoms with Gasteiger partial charge in [0.25, 0.3) is 0 Å². The van der Waals surface area contributed by atoms with Crippen LogP contribution in [0.1, 0.15) is 18.4 Å². The van der Waals surface area contributed by atoms with Crippen molar-refractivity contribution in [2.24, 2.45) is 5.92 Å². The molecule has 1 unspecified atom stereocenters. The second-order valence-corrected chi connectivity index (χ2v) is 9.29. The zero-order chi connectivity index (χ0) is 21.0. The van der Waals surface area contributed by atoms with E-state index in [1.807, 2.05) is 0 Å². The molecule has 0 bridgehead atoms. The smallest absolute Gasteiger partial charge is 0.228 e. The molecule has 1 aliphatic heterocycles. The van der Waals surface area contributed by atoms with Gasteiger partial charge in [0.05, 0.1) is 23.8 Å². The van der Waals surface area contributed by atoms with E-state index in [2.05, 4.69) is 5.32 Å². The molecule has 1 heterocycles. The largest absolute Gasteiger partial charge is 0.495 e. The van der Waals surface area contributed by atoms with Crippen molar-refractivity contribution in [3.8, 4) is 5.75 Å². The third kappa shape index (κ3) is 5.46. The predicted molar refractivity (Wildman–Crippen MR) is 110 cm³/mol. The Morgan fingerprint density at radius 1 is 1.28 bits per heavy atom. The summed E-state index contributed by atoms with van der Waals surface area (Å²) in [5, 5.41) is 3.16. The number of piperidine rings is 1. The topological polar surface area (TPSA) is 75.7 Å². The first-order valence-electron chi connectivity index (χ1n) is 9.15. The van der Waals surface area contributed by atoms with Crippen molar-refractivity contribution in [1.82, 2.24) is 4.31 Å². The summed E-state index contributed by atoms with van der Waals surface area (Å²) in [5.74, 6) is -0.865. The summed E-state index contributed by atoms with van der Waals surface area (Å²) in [6, 6.07) is 10.3. The van der Waals surface area contributed by atoms with E-state index in [-0.39, 0.29) is 18.2 Å². The quantitative estimate of drug-likeness (QED) is 0.743. The third-order valence-electron chi connectivity index (χ3n) is 4.83. The van der Waals surface area contributed by atoms with E-state index in [1.54, 1.807) is 18.2 Å². The number of amides is 1. The zero-order valence-corrected chi connectivity index (χ0v) is 17.5. The van der Waals surface area contributed by atoms with Crippen LogP contribution in [0, 0.1) is 11.7 Å². The maximum atomic E-state index is 13.0. The monoisotopic (exact) mass is 440 g/mol. The minimum atomic E-state index is -3.61. The molecule has 1 atom stereocenters. The lowest BCUT2D eigenvalue weighted by Crippen LogP contribution is -2.44. The number of carbonyl (C=O) groups is 1. The number of rotatable bonds is 6. The van der Waals surface area contributed by atoms with E-state index < -0.39 is 21.8 Å². The number of benzene rings is 2. The highest BCUT2D eigenvalue weighted by Crippen LogP contribution is 2.28. The molecule has 1 N–H and O–H groups in total. The lowest BCUT2D eigenvalue weighted by molar-refractivity contribution is -0.120. The van der Waals surface area contributed by atoms with Crippen LogP contribution in [0.3, 0.4) is 0 Å². The van der Waals surface area contributed by atoms with Crippen LogP contribution in [0.25, 0.3) is 0 Å². The number of sulfonamides is 1. The summed E-state index contributed by atoms with van der Waals surface area (Å²) >= 11 is 6.08. The Morgan fingerprint density at radius 3 is 2.66 bits per heavy atom. The number of nitrogens with one attached hydrogen (secondary N) is 1. The number of halogens is 2. The van der Waals surface area contributed by atoms with E-state index in [0.717, 1.165) is 0 Å². The van der Waals surface area contributed by atoms with Crippen molar-refractivity contribution in [3.63, 3.8) is 0 Å². The van der Waals surface area contributed by atoms with E-state index in [0.29, 0.717) is 41.4 Å². The minimum Gasteiger partial charge on any atom is -0.495 e. The van der Waals surface area contributed by atoms with E-state index in [1.165, 1.54) is 35.7 Å². The predicted octanol–water partition coefficient (Wildman–Crippen LogP) is 3.67. The van der Waals surface area contributed by atoms with Gasteiger partial charge in [0.15, 0.2) is 0 Å². The van der Waals surface area contributed by atoms with Gasteiger partial charge < -0.3 is 10.1 Å². The number of hydrogen-bond acceptors (Lipinski definition) is 4. The third-order valence-corrected chi connectivity index (χ3v) is 6.94. The van der Waals surface area contributed by atoms with Crippen LogP contribution in [0.15, 0.2) is 42.5 Å². The average Bonchev–Trinajstić information content (AvgIpc) is 2.70. The van der Waals surface area contributed by atoms with Gasteiger partial charge in [-0.2, -0.15) is 0 Å². The van der Waals surface area contributed by atoms with Gasteiger partial charge in [0, 0.05) is 18.8 Å². The minimum absolute atomic E-state index is 0.110. The SMILES string of the molecule is COc1ccc(NC(=O)C2CCCN(S(=O)(=O)Cc3ccc(F)cc3)C2)cc1Cl. The molecule has 1 aliphatic rings. The molecule has 1 saturated heterocycles. The lowest BCUT2D eigenvalue weighted by Gasteiger charge is -2.31. The van der Waals surface area contributed by atoms with Crippen LogP contribution in [-0.4, -0.2) is 38.8 Å². The van der Waals surface area contributed by atoms with Gasteiger partial charge in [-0.3, -0.25) is 4.79 Å². The Kier molecular flexibility index (Phi) is 6.77. The van der Waals surface area contributed by atoms with E-state index in [9.17, 15) is 17.6 Å². The zero-order valence-electron chi connectivity index (χ0n) is 15.9. The summed E-state index contributed by atoms with van der Waals surface area (Å²) in [6.45, 7) is 0.473. The molecular weight excluding hydrogens is 419 g/mol. The van der Waals surface area contributed by atoms with Gasteiger partial charge in [-0.25, -0.2) is 17.1 Å². The van der Waals surface area contributed by atoms with E-state index >= 15 is 0 Å². The van der Waals surface area contributed by atoms with Crippen LogP contribution < -0.4 is 10.1 Å². The Labute approximate surface area is 174 Å². The van der Waals surface area contributed by atoms with Crippen LogP contribution in [-0.2, 0) is 20.6 Å². The Bertz CT molecular complexity index is 982. The second kappa shape index (κ2) is 9.11. The number of ether oxygens (including phenoxy) is 1. The number of anilines is 1. The highest BCUT2D eigenvalue weighted by molar-refractivity contribution is 7.88. The number of methoxy groups -OCH3 is 1. The van der Waals surface area contributed by atoms with Crippen molar-refractivity contribution in [2.75, 3.05) is 25.5 Å². The fourth-order valence-electron chi connectivity index (χ4n) is 3.28. The summed E-state index contributed by atoms with van der Waals surface area (Å²) in [6.07, 6.45) is 1.18. The highest BCUT2D eigenvalue weighted by atomic mass is 35.5. The average molecular weight is 441 g/mol. The van der Waals surface area contributed by atoms with Crippen molar-refractivity contribution in [1.29, 1.82) is 0 Å². The summed E-state index contributed by atoms with van der Waals surface area (Å²) in [4.78, 5) is 12.7. The Hall–Kier alpha value is -2.16. The van der Waals surface area contributed by atoms with Crippen LogP contribution in [0.4, 0.5) is 10.1 Å². The van der Waals surface area contributed by atoms with E-state index in [4.69, 9.17) is 16.3 Å². The van der Waals surface area contributed by atoms with Gasteiger partial charge in [0.2, 0.25) is 15.9 Å². The molecule has 2 aromatic rings. The van der Waals surface area contributed by atoms with Crippen LogP contribution >= 0.6 is 11.6 Å². The molecule has 0 saturated carbocycles. The first kappa shape index (κ1) is 21.5. The molecule has 1 fully saturated rings. The normalized spacial score (nSPS) is 17.7. The number of hydrogen-bond donors (Lipinski definition) is 1. The molecule has 156 valence electrons. The molecule has 3 rings (SSSR count). The standard InChI is InChI=1S/C20H22ClFN2O4S/c1-28-19-9-8-17(11-18(19)21)23-20(25)15-3-2-10-24(12-15)29(26,27)13-14-4-6-16(22)7-5-14/h4-9,11,15H,2-3,10,12-13H2,1H3,(H,23,25). The number of carbonyl (C=O) groups excluding carboxylic acids is 1. The van der Waals surface area contributed by atoms with Crippen LogP contribution in [0.2, 0.25) is 5.02 Å². The molecule has 0 spiro atoms. The Morgan fingerprint density at radius 2 is 2.00 bits per heavy atom.